The summed E-state index contributed by atoms with van der Waals surface area (Å²) in [6.45, 7) is 6.83. The Hall–Kier alpha value is -2.64. The summed E-state index contributed by atoms with van der Waals surface area (Å²) in [7, 11) is 0. The Morgan fingerprint density at radius 2 is 1.21 bits per heavy atom. The first-order valence-corrected chi connectivity index (χ1v) is 7.68. The van der Waals surface area contributed by atoms with Gasteiger partial charge in [-0.3, -0.25) is 9.59 Å². The molecule has 0 aromatic carbocycles. The van der Waals surface area contributed by atoms with Crippen LogP contribution < -0.4 is 10.6 Å². The summed E-state index contributed by atoms with van der Waals surface area (Å²) >= 11 is 0. The van der Waals surface area contributed by atoms with Crippen LogP contribution in [0.25, 0.3) is 0 Å². The predicted molar refractivity (Wildman–Crippen MR) is 84.6 cm³/mol. The topological polar surface area (TPSA) is 111 Å². The molecule has 0 radical (unpaired) electrons. The molecule has 0 fully saturated rings. The summed E-state index contributed by atoms with van der Waals surface area (Å²) in [5, 5.41) is 5.31. The lowest BCUT2D eigenvalue weighted by atomic mass is 10.0. The Labute approximate surface area is 140 Å². The van der Waals surface area contributed by atoms with Crippen molar-refractivity contribution in [2.24, 2.45) is 0 Å². The molecule has 0 spiro atoms. The van der Waals surface area contributed by atoms with Gasteiger partial charge >= 0.3 is 11.9 Å². The van der Waals surface area contributed by atoms with E-state index in [1.54, 1.807) is 13.8 Å². The zero-order valence-electron chi connectivity index (χ0n) is 14.2. The average molecular weight is 338 g/mol. The van der Waals surface area contributed by atoms with Crippen LogP contribution in [0.5, 0.6) is 0 Å². The molecule has 0 aliphatic heterocycles. The van der Waals surface area contributed by atoms with Gasteiger partial charge in [-0.2, -0.15) is 0 Å². The molecule has 2 atom stereocenters. The number of allylic oxidation sites excluding steroid dienone is 2. The van der Waals surface area contributed by atoms with Crippen LogP contribution in [0.15, 0.2) is 23.5 Å². The number of hydrogen-bond acceptors (Lipinski definition) is 8. The van der Waals surface area contributed by atoms with Gasteiger partial charge in [0.1, 0.15) is 12.1 Å². The number of nitrogens with one attached hydrogen (secondary N) is 2. The standard InChI is InChI=1S/C16H22N2O6/c1-5-23-15(21)9(3)17-11-7-14(20)12(8-13(11)19)18-10(4)16(22)24-6-2/h7-10,17-18H,5-6H2,1-4H3/t9-,10-/m0/s1. The summed E-state index contributed by atoms with van der Waals surface area (Å²) in [6.07, 6.45) is 2.16. The molecule has 0 saturated heterocycles. The third-order valence-corrected chi connectivity index (χ3v) is 3.11. The normalized spacial score (nSPS) is 16.5. The molecular formula is C16H22N2O6. The van der Waals surface area contributed by atoms with E-state index in [4.69, 9.17) is 9.47 Å². The van der Waals surface area contributed by atoms with Crippen molar-refractivity contribution in [1.82, 2.24) is 10.6 Å². The third-order valence-electron chi connectivity index (χ3n) is 3.11. The minimum atomic E-state index is -0.769. The van der Waals surface area contributed by atoms with E-state index in [1.807, 2.05) is 0 Å². The van der Waals surface area contributed by atoms with E-state index in [0.717, 1.165) is 12.2 Å². The zero-order chi connectivity index (χ0) is 18.3. The van der Waals surface area contributed by atoms with E-state index in [0.29, 0.717) is 0 Å². The van der Waals surface area contributed by atoms with Crippen molar-refractivity contribution in [3.8, 4) is 0 Å². The minimum Gasteiger partial charge on any atom is -0.464 e. The molecule has 0 aromatic heterocycles. The first-order valence-electron chi connectivity index (χ1n) is 7.68. The molecule has 132 valence electrons. The van der Waals surface area contributed by atoms with Crippen molar-refractivity contribution in [3.63, 3.8) is 0 Å². The SMILES string of the molecule is CCOC(=O)[C@H](C)NC1=CC(=O)C(N[C@@H](C)C(=O)OCC)=CC1=O. The highest BCUT2D eigenvalue weighted by Gasteiger charge is 2.26. The highest BCUT2D eigenvalue weighted by Crippen LogP contribution is 2.10. The number of ether oxygens (including phenoxy) is 2. The lowest BCUT2D eigenvalue weighted by molar-refractivity contribution is -0.146. The second-order valence-corrected chi connectivity index (χ2v) is 5.08. The van der Waals surface area contributed by atoms with Gasteiger partial charge in [-0.15, -0.1) is 0 Å². The van der Waals surface area contributed by atoms with Gasteiger partial charge in [0.25, 0.3) is 0 Å². The van der Waals surface area contributed by atoms with Crippen LogP contribution in [0, 0.1) is 0 Å². The third kappa shape index (κ3) is 5.22. The summed E-state index contributed by atoms with van der Waals surface area (Å²) in [4.78, 5) is 47.3. The van der Waals surface area contributed by atoms with Crippen LogP contribution in [-0.2, 0) is 28.7 Å². The highest BCUT2D eigenvalue weighted by atomic mass is 16.5. The van der Waals surface area contributed by atoms with Crippen molar-refractivity contribution >= 4 is 23.5 Å². The summed E-state index contributed by atoms with van der Waals surface area (Å²) in [5.74, 6) is -2.02. The van der Waals surface area contributed by atoms with E-state index in [2.05, 4.69) is 10.6 Å². The Kier molecular flexibility index (Phi) is 7.16. The number of carbonyl (C=O) groups is 4. The number of rotatable bonds is 8. The molecule has 1 aliphatic carbocycles. The summed E-state index contributed by atoms with van der Waals surface area (Å²) in [6, 6.07) is -1.54. The van der Waals surface area contributed by atoms with Crippen molar-refractivity contribution in [2.45, 2.75) is 39.8 Å². The maximum Gasteiger partial charge on any atom is 0.328 e. The molecule has 1 rings (SSSR count). The van der Waals surface area contributed by atoms with Gasteiger partial charge < -0.3 is 20.1 Å². The molecule has 0 bridgehead atoms. The van der Waals surface area contributed by atoms with Gasteiger partial charge in [0, 0.05) is 12.2 Å². The van der Waals surface area contributed by atoms with Crippen molar-refractivity contribution in [1.29, 1.82) is 0 Å². The zero-order valence-corrected chi connectivity index (χ0v) is 14.2. The Morgan fingerprint density at radius 1 is 0.875 bits per heavy atom. The van der Waals surface area contributed by atoms with Crippen LogP contribution >= 0.6 is 0 Å². The number of esters is 2. The molecule has 8 nitrogen and oxygen atoms in total. The fraction of sp³-hybridized carbons (Fsp3) is 0.500. The fourth-order valence-corrected chi connectivity index (χ4v) is 1.90. The first-order chi connectivity index (χ1) is 11.3. The molecule has 0 aromatic rings. The smallest absolute Gasteiger partial charge is 0.328 e. The molecule has 2 N–H and O–H groups in total. The molecule has 0 heterocycles. The lowest BCUT2D eigenvalue weighted by Gasteiger charge is -2.20. The largest absolute Gasteiger partial charge is 0.464 e. The Morgan fingerprint density at radius 3 is 1.50 bits per heavy atom. The maximum atomic E-state index is 12.1. The molecule has 1 aliphatic rings. The monoisotopic (exact) mass is 338 g/mol. The molecule has 0 unspecified atom stereocenters. The van der Waals surface area contributed by atoms with Gasteiger partial charge in [0.2, 0.25) is 11.6 Å². The van der Waals surface area contributed by atoms with Crippen molar-refractivity contribution in [3.05, 3.63) is 23.5 Å². The van der Waals surface area contributed by atoms with E-state index in [9.17, 15) is 19.2 Å². The van der Waals surface area contributed by atoms with E-state index in [1.165, 1.54) is 13.8 Å². The van der Waals surface area contributed by atoms with Gasteiger partial charge in [0.05, 0.1) is 24.6 Å². The predicted octanol–water partition coefficient (Wildman–Crippen LogP) is -0.0116. The van der Waals surface area contributed by atoms with Gasteiger partial charge in [-0.05, 0) is 27.7 Å². The van der Waals surface area contributed by atoms with Crippen LogP contribution in [0.3, 0.4) is 0 Å². The summed E-state index contributed by atoms with van der Waals surface area (Å²) in [5.41, 5.74) is -0.00946. The molecule has 24 heavy (non-hydrogen) atoms. The van der Waals surface area contributed by atoms with Gasteiger partial charge in [-0.1, -0.05) is 0 Å². The van der Waals surface area contributed by atoms with Gasteiger partial charge in [0.15, 0.2) is 0 Å². The Bertz CT molecular complexity index is 541. The second-order valence-electron chi connectivity index (χ2n) is 5.08. The van der Waals surface area contributed by atoms with E-state index < -0.39 is 35.6 Å². The Balaban J connectivity index is 2.73. The molecule has 0 saturated carbocycles. The second kappa shape index (κ2) is 8.85. The van der Waals surface area contributed by atoms with Crippen molar-refractivity contribution in [2.75, 3.05) is 13.2 Å². The quantitative estimate of drug-likeness (QED) is 0.469. The number of hydrogen-bond donors (Lipinski definition) is 2. The van der Waals surface area contributed by atoms with Crippen LogP contribution in [0.2, 0.25) is 0 Å². The van der Waals surface area contributed by atoms with Crippen LogP contribution in [0.1, 0.15) is 27.7 Å². The fourth-order valence-electron chi connectivity index (χ4n) is 1.90. The number of ketones is 2. The maximum absolute atomic E-state index is 12.1. The minimum absolute atomic E-state index is 0.00473. The average Bonchev–Trinajstić information content (AvgIpc) is 2.52. The van der Waals surface area contributed by atoms with E-state index in [-0.39, 0.29) is 24.6 Å². The summed E-state index contributed by atoms with van der Waals surface area (Å²) < 4.78 is 9.65. The first kappa shape index (κ1) is 19.4. The van der Waals surface area contributed by atoms with Crippen molar-refractivity contribution < 1.29 is 28.7 Å². The number of carbonyl (C=O) groups excluding carboxylic acids is 4. The lowest BCUT2D eigenvalue weighted by Crippen LogP contribution is -2.41. The molecule has 8 heteroatoms. The molecular weight excluding hydrogens is 316 g/mol. The van der Waals surface area contributed by atoms with E-state index >= 15 is 0 Å². The van der Waals surface area contributed by atoms with Crippen LogP contribution in [-0.4, -0.2) is 48.8 Å². The highest BCUT2D eigenvalue weighted by molar-refractivity contribution is 6.19. The van der Waals surface area contributed by atoms with Crippen LogP contribution in [0.4, 0.5) is 0 Å². The van der Waals surface area contributed by atoms with Gasteiger partial charge in [-0.25, -0.2) is 9.59 Å². The molecule has 0 amide bonds.